The Kier molecular flexibility index (Phi) is 10.6. The summed E-state index contributed by atoms with van der Waals surface area (Å²) < 4.78 is 0. The first-order chi connectivity index (χ1) is 12.3. The van der Waals surface area contributed by atoms with Gasteiger partial charge in [-0.1, -0.05) is 76.5 Å². The minimum atomic E-state index is 0.900. The van der Waals surface area contributed by atoms with Crippen LogP contribution >= 0.6 is 0 Å². The second kappa shape index (κ2) is 12.8. The fourth-order valence-electron chi connectivity index (χ4n) is 5.14. The van der Waals surface area contributed by atoms with E-state index in [1.165, 1.54) is 103 Å². The molecule has 0 N–H and O–H groups in total. The molecule has 144 valence electrons. The van der Waals surface area contributed by atoms with E-state index in [1.807, 2.05) is 0 Å². The van der Waals surface area contributed by atoms with Crippen LogP contribution in [0.2, 0.25) is 0 Å². The monoisotopic (exact) mass is 344 g/mol. The maximum absolute atomic E-state index is 3.86. The number of hydrogen-bond acceptors (Lipinski definition) is 0. The van der Waals surface area contributed by atoms with Crippen LogP contribution < -0.4 is 0 Å². The number of rotatable bonds is 11. The van der Waals surface area contributed by atoms with Crippen molar-refractivity contribution < 1.29 is 0 Å². The molecule has 2 saturated carbocycles. The van der Waals surface area contributed by atoms with Gasteiger partial charge in [0, 0.05) is 0 Å². The van der Waals surface area contributed by atoms with Crippen molar-refractivity contribution >= 4 is 0 Å². The Bertz CT molecular complexity index is 350. The Labute approximate surface area is 158 Å². The highest BCUT2D eigenvalue weighted by Gasteiger charge is 2.21. The zero-order chi connectivity index (χ0) is 17.7. The Morgan fingerprint density at radius 3 is 1.88 bits per heavy atom. The molecule has 0 aromatic carbocycles. The van der Waals surface area contributed by atoms with Crippen molar-refractivity contribution in [3.05, 3.63) is 24.8 Å². The van der Waals surface area contributed by atoms with Gasteiger partial charge >= 0.3 is 0 Å². The van der Waals surface area contributed by atoms with E-state index in [0.717, 1.165) is 23.7 Å². The molecule has 0 spiro atoms. The van der Waals surface area contributed by atoms with Crippen LogP contribution in [0.3, 0.4) is 0 Å². The lowest BCUT2D eigenvalue weighted by atomic mass is 9.78. The van der Waals surface area contributed by atoms with Crippen molar-refractivity contribution in [1.82, 2.24) is 0 Å². The molecule has 0 radical (unpaired) electrons. The quantitative estimate of drug-likeness (QED) is 0.260. The molecular weight excluding hydrogens is 300 g/mol. The highest BCUT2D eigenvalue weighted by Crippen LogP contribution is 2.35. The summed E-state index contributed by atoms with van der Waals surface area (Å²) in [6.07, 6.45) is 30.2. The molecule has 0 bridgehead atoms. The van der Waals surface area contributed by atoms with Crippen LogP contribution in [-0.4, -0.2) is 0 Å². The average Bonchev–Trinajstić information content (AvgIpc) is 2.66. The van der Waals surface area contributed by atoms with Crippen molar-refractivity contribution in [3.8, 4) is 0 Å². The molecule has 0 aromatic rings. The van der Waals surface area contributed by atoms with Crippen molar-refractivity contribution in [3.63, 3.8) is 0 Å². The molecule has 0 unspecified atom stereocenters. The third-order valence-electron chi connectivity index (χ3n) is 7.00. The molecule has 0 atom stereocenters. The zero-order valence-electron chi connectivity index (χ0n) is 17.1. The SMILES string of the molecule is C=CCC[C@H]1CC[C@H](CC/C=C/[C@H]2CC[C@H](CCCCC)CC2)CC1. The molecule has 0 amide bonds. The highest BCUT2D eigenvalue weighted by atomic mass is 14.3. The van der Waals surface area contributed by atoms with Crippen LogP contribution in [0.5, 0.6) is 0 Å². The van der Waals surface area contributed by atoms with E-state index in [4.69, 9.17) is 0 Å². The summed E-state index contributed by atoms with van der Waals surface area (Å²) in [6, 6.07) is 0. The van der Waals surface area contributed by atoms with Gasteiger partial charge in [-0.15, -0.1) is 6.58 Å². The summed E-state index contributed by atoms with van der Waals surface area (Å²) in [5.41, 5.74) is 0. The normalized spacial score (nSPS) is 30.6. The highest BCUT2D eigenvalue weighted by molar-refractivity contribution is 4.91. The number of allylic oxidation sites excluding steroid dienone is 3. The smallest absolute Gasteiger partial charge is 0.0233 e. The fourth-order valence-corrected chi connectivity index (χ4v) is 5.14. The maximum Gasteiger partial charge on any atom is -0.0233 e. The predicted molar refractivity (Wildman–Crippen MR) is 113 cm³/mol. The van der Waals surface area contributed by atoms with Crippen molar-refractivity contribution in [1.29, 1.82) is 0 Å². The van der Waals surface area contributed by atoms with Crippen LogP contribution in [0, 0.1) is 23.7 Å². The van der Waals surface area contributed by atoms with Gasteiger partial charge in [0.2, 0.25) is 0 Å². The summed E-state index contributed by atoms with van der Waals surface area (Å²) in [6.45, 7) is 6.18. The Morgan fingerprint density at radius 1 is 0.720 bits per heavy atom. The van der Waals surface area contributed by atoms with Gasteiger partial charge in [0.1, 0.15) is 0 Å². The van der Waals surface area contributed by atoms with Crippen molar-refractivity contribution in [2.75, 3.05) is 0 Å². The molecule has 2 aliphatic carbocycles. The summed E-state index contributed by atoms with van der Waals surface area (Å²) >= 11 is 0. The molecular formula is C25H44. The zero-order valence-corrected chi connectivity index (χ0v) is 17.1. The lowest BCUT2D eigenvalue weighted by Gasteiger charge is -2.28. The predicted octanol–water partition coefficient (Wildman–Crippen LogP) is 8.48. The first-order valence-electron chi connectivity index (χ1n) is 11.6. The van der Waals surface area contributed by atoms with E-state index in [-0.39, 0.29) is 0 Å². The van der Waals surface area contributed by atoms with E-state index in [2.05, 4.69) is 31.7 Å². The molecule has 0 saturated heterocycles. The van der Waals surface area contributed by atoms with Crippen LogP contribution in [-0.2, 0) is 0 Å². The van der Waals surface area contributed by atoms with E-state index in [9.17, 15) is 0 Å². The van der Waals surface area contributed by atoms with E-state index >= 15 is 0 Å². The molecule has 25 heavy (non-hydrogen) atoms. The Morgan fingerprint density at radius 2 is 1.28 bits per heavy atom. The minimum Gasteiger partial charge on any atom is -0.103 e. The first kappa shape index (κ1) is 20.8. The van der Waals surface area contributed by atoms with E-state index in [1.54, 1.807) is 0 Å². The minimum absolute atomic E-state index is 0.900. The van der Waals surface area contributed by atoms with Gasteiger partial charge in [-0.3, -0.25) is 0 Å². The third kappa shape index (κ3) is 8.61. The first-order valence-corrected chi connectivity index (χ1v) is 11.6. The number of hydrogen-bond donors (Lipinski definition) is 0. The van der Waals surface area contributed by atoms with Gasteiger partial charge in [-0.2, -0.15) is 0 Å². The van der Waals surface area contributed by atoms with Gasteiger partial charge in [0.15, 0.2) is 0 Å². The largest absolute Gasteiger partial charge is 0.103 e. The van der Waals surface area contributed by atoms with Gasteiger partial charge in [0.05, 0.1) is 0 Å². The topological polar surface area (TPSA) is 0 Å². The van der Waals surface area contributed by atoms with Gasteiger partial charge in [0.25, 0.3) is 0 Å². The molecule has 0 heteroatoms. The van der Waals surface area contributed by atoms with Crippen molar-refractivity contribution in [2.24, 2.45) is 23.7 Å². The average molecular weight is 345 g/mol. The summed E-state index contributed by atoms with van der Waals surface area (Å²) in [5.74, 6) is 3.96. The lowest BCUT2D eigenvalue weighted by Crippen LogP contribution is -2.14. The van der Waals surface area contributed by atoms with Gasteiger partial charge in [-0.25, -0.2) is 0 Å². The van der Waals surface area contributed by atoms with E-state index in [0.29, 0.717) is 0 Å². The molecule has 2 aliphatic rings. The molecule has 0 aliphatic heterocycles. The van der Waals surface area contributed by atoms with Crippen LogP contribution in [0.1, 0.15) is 110 Å². The second-order valence-electron chi connectivity index (χ2n) is 9.03. The second-order valence-corrected chi connectivity index (χ2v) is 9.03. The van der Waals surface area contributed by atoms with Gasteiger partial charge in [-0.05, 0) is 75.0 Å². The van der Waals surface area contributed by atoms with Crippen LogP contribution in [0.25, 0.3) is 0 Å². The third-order valence-corrected chi connectivity index (χ3v) is 7.00. The van der Waals surface area contributed by atoms with Gasteiger partial charge < -0.3 is 0 Å². The fraction of sp³-hybridized carbons (Fsp3) is 0.840. The summed E-state index contributed by atoms with van der Waals surface area (Å²) in [7, 11) is 0. The lowest BCUT2D eigenvalue weighted by molar-refractivity contribution is 0.255. The van der Waals surface area contributed by atoms with Crippen LogP contribution in [0.4, 0.5) is 0 Å². The number of unbranched alkanes of at least 4 members (excludes halogenated alkanes) is 2. The molecule has 0 heterocycles. The standard InChI is InChI=1S/C25H44/c1-3-5-7-11-23-18-20-25(21-19-23)13-9-8-12-24-16-14-22(15-17-24)10-6-4-2/h4,9,13,22-25H,2-3,5-8,10-12,14-21H2,1H3/b13-9+/t22-,23-,24-,25-. The molecule has 0 nitrogen and oxygen atoms in total. The Balaban J connectivity index is 1.50. The van der Waals surface area contributed by atoms with Crippen molar-refractivity contribution in [2.45, 2.75) is 110 Å². The molecule has 0 aromatic heterocycles. The Hall–Kier alpha value is -0.520. The summed E-state index contributed by atoms with van der Waals surface area (Å²) in [5, 5.41) is 0. The maximum atomic E-state index is 3.86. The molecule has 2 rings (SSSR count). The van der Waals surface area contributed by atoms with E-state index < -0.39 is 0 Å². The summed E-state index contributed by atoms with van der Waals surface area (Å²) in [4.78, 5) is 0. The van der Waals surface area contributed by atoms with Crippen LogP contribution in [0.15, 0.2) is 24.8 Å². The molecule has 2 fully saturated rings.